The van der Waals surface area contributed by atoms with Crippen LogP contribution in [0.2, 0.25) is 0 Å². The molecular weight excluding hydrogens is 90.1 g/mol. The Morgan fingerprint density at radius 1 is 1.57 bits per heavy atom. The minimum atomic E-state index is -0.213. The summed E-state index contributed by atoms with van der Waals surface area (Å²) in [5.74, 6) is -0.213. The van der Waals surface area contributed by atoms with Crippen molar-refractivity contribution < 1.29 is 9.53 Å². The summed E-state index contributed by atoms with van der Waals surface area (Å²) in [6.07, 6.45) is 0.0255. The predicted molar refractivity (Wildman–Crippen MR) is 26.9 cm³/mol. The van der Waals surface area contributed by atoms with E-state index in [1.165, 1.54) is 6.92 Å². The van der Waals surface area contributed by atoms with Crippen LogP contribution in [0.5, 0.6) is 0 Å². The summed E-state index contributed by atoms with van der Waals surface area (Å²) in [6, 6.07) is 0. The van der Waals surface area contributed by atoms with Gasteiger partial charge in [-0.2, -0.15) is 0 Å². The SMILES string of the molecule is CC(=O)O[10CH](C)C. The Hall–Kier alpha value is -0.530. The van der Waals surface area contributed by atoms with Gasteiger partial charge in [-0.3, -0.25) is 4.79 Å². The molecule has 0 atom stereocenters. The monoisotopic (exact) mass is 100 g/mol. The Morgan fingerprint density at radius 3 is 2.00 bits per heavy atom. The average molecular weight is 100 g/mol. The largest absolute Gasteiger partial charge is 0.463 e. The first-order valence-electron chi connectivity index (χ1n) is 2.30. The van der Waals surface area contributed by atoms with Crippen molar-refractivity contribution >= 4 is 5.97 Å². The van der Waals surface area contributed by atoms with Crippen LogP contribution in [0.1, 0.15) is 20.8 Å². The van der Waals surface area contributed by atoms with E-state index in [0.29, 0.717) is 0 Å². The highest BCUT2D eigenvalue weighted by atomic mass is 16.5. The molecule has 0 saturated heterocycles. The molecule has 0 bridgehead atoms. The second-order valence-electron chi connectivity index (χ2n) is 1.66. The third kappa shape index (κ3) is 5.47. The summed E-state index contributed by atoms with van der Waals surface area (Å²) in [6.45, 7) is 5.04. The molecule has 0 aliphatic rings. The fourth-order valence-corrected chi connectivity index (χ4v) is 0.332. The van der Waals surface area contributed by atoms with Gasteiger partial charge in [-0.1, -0.05) is 0 Å². The number of esters is 1. The first kappa shape index (κ1) is 6.47. The first-order valence-corrected chi connectivity index (χ1v) is 2.30. The van der Waals surface area contributed by atoms with Crippen LogP contribution < -0.4 is 0 Å². The zero-order chi connectivity index (χ0) is 5.86. The molecule has 42 valence electrons. The topological polar surface area (TPSA) is 26.3 Å². The van der Waals surface area contributed by atoms with Gasteiger partial charge in [-0.15, -0.1) is 0 Å². The van der Waals surface area contributed by atoms with E-state index < -0.39 is 0 Å². The second-order valence-corrected chi connectivity index (χ2v) is 1.66. The van der Waals surface area contributed by atoms with Gasteiger partial charge in [0.15, 0.2) is 0 Å². The summed E-state index contributed by atoms with van der Waals surface area (Å²) in [5.41, 5.74) is 0. The summed E-state index contributed by atoms with van der Waals surface area (Å²) < 4.78 is 4.61. The van der Waals surface area contributed by atoms with Crippen LogP contribution in [0.4, 0.5) is 0 Å². The van der Waals surface area contributed by atoms with Crippen molar-refractivity contribution in [3.63, 3.8) is 0 Å². The number of ether oxygens (including phenoxy) is 1. The minimum absolute atomic E-state index is 0.0255. The van der Waals surface area contributed by atoms with Gasteiger partial charge in [0.1, 0.15) is 0 Å². The lowest BCUT2D eigenvalue weighted by Crippen LogP contribution is -2.06. The van der Waals surface area contributed by atoms with Crippen LogP contribution in [0.3, 0.4) is 0 Å². The van der Waals surface area contributed by atoms with E-state index in [2.05, 4.69) is 4.74 Å². The van der Waals surface area contributed by atoms with Gasteiger partial charge in [0.05, 0.1) is 6.10 Å². The lowest BCUT2D eigenvalue weighted by atomic mass is 9.16. The van der Waals surface area contributed by atoms with Crippen molar-refractivity contribution in [1.82, 2.24) is 0 Å². The zero-order valence-corrected chi connectivity index (χ0v) is 4.89. The van der Waals surface area contributed by atoms with Crippen molar-refractivity contribution in [2.45, 2.75) is 26.9 Å². The molecule has 0 aliphatic carbocycles. The molecule has 0 N–H and O–H groups in total. The molecule has 2 heteroatoms. The molecule has 0 heterocycles. The molecule has 7 heavy (non-hydrogen) atoms. The average Bonchev–Trinajstić information content (AvgIpc) is 1.27. The number of rotatable bonds is 1. The molecule has 0 aromatic carbocycles. The Balaban J connectivity index is 3.13. The fraction of sp³-hybridized carbons (Fsp3) is 0.800. The molecule has 0 rings (SSSR count). The molecule has 0 spiro atoms. The van der Waals surface area contributed by atoms with Gasteiger partial charge in [-0.25, -0.2) is 0 Å². The molecule has 0 radical (unpaired) electrons. The van der Waals surface area contributed by atoms with E-state index >= 15 is 0 Å². The Kier molecular flexibility index (Phi) is 2.41. The maximum atomic E-state index is 10.0. The van der Waals surface area contributed by atoms with Gasteiger partial charge in [0.25, 0.3) is 0 Å². The standard InChI is InChI=1S/C5H10O2/c1-4(2)7-5(3)6/h4H,1-3H3/i4-2. The highest BCUT2D eigenvalue weighted by Crippen LogP contribution is 1.85. The number of carbonyl (C=O) groups excluding carboxylic acids is 1. The molecule has 0 amide bonds. The van der Waals surface area contributed by atoms with E-state index in [4.69, 9.17) is 0 Å². The number of hydrogen-bond acceptors (Lipinski definition) is 2. The Labute approximate surface area is 43.5 Å². The molecule has 0 aromatic heterocycles. The van der Waals surface area contributed by atoms with Gasteiger partial charge >= 0.3 is 5.97 Å². The zero-order valence-electron chi connectivity index (χ0n) is 4.89. The normalized spacial score (nSPS) is 9.14. The number of carbonyl (C=O) groups is 1. The highest BCUT2D eigenvalue weighted by molar-refractivity contribution is 5.66. The van der Waals surface area contributed by atoms with Crippen molar-refractivity contribution in [2.24, 2.45) is 0 Å². The lowest BCUT2D eigenvalue weighted by Gasteiger charge is -2.01. The minimum Gasteiger partial charge on any atom is -0.463 e. The van der Waals surface area contributed by atoms with Crippen molar-refractivity contribution in [3.05, 3.63) is 0 Å². The highest BCUT2D eigenvalue weighted by Gasteiger charge is 1.93. The van der Waals surface area contributed by atoms with Gasteiger partial charge < -0.3 is 4.74 Å². The quantitative estimate of drug-likeness (QED) is 0.459. The molecular formula is C5H10O2. The van der Waals surface area contributed by atoms with E-state index in [1.54, 1.807) is 0 Å². The maximum Gasteiger partial charge on any atom is 0.302 e. The Bertz CT molecular complexity index is 66.5. The van der Waals surface area contributed by atoms with Crippen LogP contribution in [-0.2, 0) is 9.53 Å². The van der Waals surface area contributed by atoms with Crippen LogP contribution in [0, 0.1) is 0 Å². The summed E-state index contributed by atoms with van der Waals surface area (Å²) in [7, 11) is 0. The van der Waals surface area contributed by atoms with Gasteiger partial charge in [0, 0.05) is 6.92 Å². The summed E-state index contributed by atoms with van der Waals surface area (Å²) >= 11 is 0. The van der Waals surface area contributed by atoms with E-state index in [0.717, 1.165) is 0 Å². The molecule has 0 fully saturated rings. The van der Waals surface area contributed by atoms with Crippen molar-refractivity contribution in [3.8, 4) is 0 Å². The predicted octanol–water partition coefficient (Wildman–Crippen LogP) is 0.958. The molecule has 0 unspecified atom stereocenters. The van der Waals surface area contributed by atoms with Crippen LogP contribution >= 0.6 is 0 Å². The van der Waals surface area contributed by atoms with Gasteiger partial charge in [0.2, 0.25) is 0 Å². The van der Waals surface area contributed by atoms with Crippen molar-refractivity contribution in [2.75, 3.05) is 0 Å². The van der Waals surface area contributed by atoms with Crippen LogP contribution in [0.15, 0.2) is 0 Å². The third-order valence-corrected chi connectivity index (χ3v) is 0.402. The molecule has 0 saturated carbocycles. The van der Waals surface area contributed by atoms with E-state index in [9.17, 15) is 4.79 Å². The number of hydrogen-bond donors (Lipinski definition) is 0. The maximum absolute atomic E-state index is 10.0. The molecule has 0 aromatic rings. The fourth-order valence-electron chi connectivity index (χ4n) is 0.332. The summed E-state index contributed by atoms with van der Waals surface area (Å²) in [4.78, 5) is 10.0. The first-order chi connectivity index (χ1) is 3.13. The van der Waals surface area contributed by atoms with E-state index in [1.807, 2.05) is 13.8 Å². The van der Waals surface area contributed by atoms with Crippen LogP contribution in [0.25, 0.3) is 0 Å². The molecule has 2 nitrogen and oxygen atoms in total. The van der Waals surface area contributed by atoms with Gasteiger partial charge in [-0.05, 0) is 13.8 Å². The third-order valence-electron chi connectivity index (χ3n) is 0.402. The lowest BCUT2D eigenvalue weighted by molar-refractivity contribution is -0.144. The smallest absolute Gasteiger partial charge is 0.302 e. The summed E-state index contributed by atoms with van der Waals surface area (Å²) in [5, 5.41) is 0. The molecule has 0 aliphatic heterocycles. The Morgan fingerprint density at radius 2 is 2.00 bits per heavy atom. The second kappa shape index (κ2) is 2.61. The van der Waals surface area contributed by atoms with Crippen LogP contribution in [-0.4, -0.2) is 12.1 Å². The van der Waals surface area contributed by atoms with E-state index in [-0.39, 0.29) is 12.1 Å². The van der Waals surface area contributed by atoms with Crippen molar-refractivity contribution in [1.29, 1.82) is 0 Å².